The molecule has 0 radical (unpaired) electrons. The van der Waals surface area contributed by atoms with Crippen LogP contribution in [0.15, 0.2) is 39.2 Å². The molecule has 22 heavy (non-hydrogen) atoms. The summed E-state index contributed by atoms with van der Waals surface area (Å²) in [6.45, 7) is 0. The van der Waals surface area contributed by atoms with Crippen LogP contribution in [0, 0.1) is 0 Å². The standard InChI is InChI=1S/C14H13N3O3S2/c1-19-13(18)11-5-4-9(20-11)8-22-14-15-12(16-17-14)7-10-3-2-6-21-10/h2-6H,7-8H2,1H3,(H,15,16,17). The molecule has 8 heteroatoms. The molecule has 0 aliphatic carbocycles. The number of nitrogens with one attached hydrogen (secondary N) is 1. The number of nitrogens with zero attached hydrogens (tertiary/aromatic N) is 2. The van der Waals surface area contributed by atoms with Gasteiger partial charge in [0.2, 0.25) is 10.9 Å². The van der Waals surface area contributed by atoms with Gasteiger partial charge in [-0.2, -0.15) is 0 Å². The lowest BCUT2D eigenvalue weighted by molar-refractivity contribution is 0.0563. The van der Waals surface area contributed by atoms with Crippen molar-refractivity contribution in [2.75, 3.05) is 7.11 Å². The van der Waals surface area contributed by atoms with E-state index in [-0.39, 0.29) is 5.76 Å². The van der Waals surface area contributed by atoms with E-state index in [1.54, 1.807) is 23.5 Å². The van der Waals surface area contributed by atoms with E-state index in [4.69, 9.17) is 4.42 Å². The van der Waals surface area contributed by atoms with Gasteiger partial charge in [0.05, 0.1) is 12.9 Å². The Morgan fingerprint density at radius 1 is 1.45 bits per heavy atom. The zero-order valence-corrected chi connectivity index (χ0v) is 13.4. The molecule has 3 rings (SSSR count). The molecule has 0 aliphatic rings. The zero-order chi connectivity index (χ0) is 15.4. The van der Waals surface area contributed by atoms with Crippen LogP contribution in [0.1, 0.15) is 27.0 Å². The predicted molar refractivity (Wildman–Crippen MR) is 83.1 cm³/mol. The Kier molecular flexibility index (Phi) is 4.59. The van der Waals surface area contributed by atoms with Gasteiger partial charge in [-0.05, 0) is 23.6 Å². The fraction of sp³-hybridized carbons (Fsp3) is 0.214. The molecule has 0 spiro atoms. The maximum absolute atomic E-state index is 11.3. The van der Waals surface area contributed by atoms with Crippen LogP contribution in [0.4, 0.5) is 0 Å². The topological polar surface area (TPSA) is 81.0 Å². The summed E-state index contributed by atoms with van der Waals surface area (Å²) in [7, 11) is 1.32. The van der Waals surface area contributed by atoms with E-state index in [1.165, 1.54) is 23.7 Å². The Morgan fingerprint density at radius 3 is 3.14 bits per heavy atom. The fourth-order valence-corrected chi connectivity index (χ4v) is 3.22. The van der Waals surface area contributed by atoms with Gasteiger partial charge in [0.1, 0.15) is 11.6 Å². The molecule has 3 aromatic rings. The molecule has 0 atom stereocenters. The lowest BCUT2D eigenvalue weighted by atomic mass is 10.3. The smallest absolute Gasteiger partial charge is 0.373 e. The third-order valence-electron chi connectivity index (χ3n) is 2.82. The minimum absolute atomic E-state index is 0.200. The molecule has 3 heterocycles. The van der Waals surface area contributed by atoms with Crippen molar-refractivity contribution in [2.24, 2.45) is 0 Å². The number of hydrogen-bond donors (Lipinski definition) is 1. The number of methoxy groups -OCH3 is 1. The first-order valence-electron chi connectivity index (χ1n) is 6.48. The van der Waals surface area contributed by atoms with Crippen LogP contribution in [0.5, 0.6) is 0 Å². The second kappa shape index (κ2) is 6.80. The summed E-state index contributed by atoms with van der Waals surface area (Å²) >= 11 is 3.14. The lowest BCUT2D eigenvalue weighted by Crippen LogP contribution is -1.98. The molecule has 0 amide bonds. The average molecular weight is 335 g/mol. The SMILES string of the molecule is COC(=O)c1ccc(CSc2n[nH]c(Cc3cccs3)n2)o1. The molecule has 6 nitrogen and oxygen atoms in total. The Morgan fingerprint density at radius 2 is 2.36 bits per heavy atom. The number of ether oxygens (including phenoxy) is 1. The molecule has 3 aromatic heterocycles. The van der Waals surface area contributed by atoms with Crippen LogP contribution in [0.3, 0.4) is 0 Å². The van der Waals surface area contributed by atoms with Crippen LogP contribution in [-0.2, 0) is 16.9 Å². The Balaban J connectivity index is 1.56. The van der Waals surface area contributed by atoms with Crippen molar-refractivity contribution in [1.29, 1.82) is 0 Å². The minimum Gasteiger partial charge on any atom is -0.463 e. The van der Waals surface area contributed by atoms with Gasteiger partial charge in [-0.3, -0.25) is 5.10 Å². The maximum Gasteiger partial charge on any atom is 0.373 e. The summed E-state index contributed by atoms with van der Waals surface area (Å²) in [5.41, 5.74) is 0. The van der Waals surface area contributed by atoms with Crippen molar-refractivity contribution >= 4 is 29.1 Å². The summed E-state index contributed by atoms with van der Waals surface area (Å²) in [6, 6.07) is 7.43. The predicted octanol–water partition coefficient (Wildman–Crippen LogP) is 3.13. The van der Waals surface area contributed by atoms with E-state index in [0.717, 1.165) is 12.2 Å². The number of esters is 1. The van der Waals surface area contributed by atoms with Gasteiger partial charge >= 0.3 is 5.97 Å². The highest BCUT2D eigenvalue weighted by Gasteiger charge is 2.12. The largest absolute Gasteiger partial charge is 0.463 e. The number of carbonyl (C=O) groups excluding carboxylic acids is 1. The Hall–Kier alpha value is -2.06. The second-order valence-corrected chi connectivity index (χ2v) is 6.34. The van der Waals surface area contributed by atoms with Gasteiger partial charge in [-0.25, -0.2) is 9.78 Å². The molecule has 0 saturated carbocycles. The summed E-state index contributed by atoms with van der Waals surface area (Å²) in [6.07, 6.45) is 0.748. The first kappa shape index (κ1) is 14.9. The number of carbonyl (C=O) groups is 1. The van der Waals surface area contributed by atoms with Crippen molar-refractivity contribution in [3.8, 4) is 0 Å². The number of thioether (sulfide) groups is 1. The van der Waals surface area contributed by atoms with Gasteiger partial charge in [-0.1, -0.05) is 17.8 Å². The number of aromatic amines is 1. The lowest BCUT2D eigenvalue weighted by Gasteiger charge is -1.94. The van der Waals surface area contributed by atoms with Gasteiger partial charge < -0.3 is 9.15 Å². The molecule has 0 aliphatic heterocycles. The minimum atomic E-state index is -0.479. The molecule has 0 saturated heterocycles. The van der Waals surface area contributed by atoms with Crippen LogP contribution in [0.25, 0.3) is 0 Å². The van der Waals surface area contributed by atoms with Crippen molar-refractivity contribution in [3.63, 3.8) is 0 Å². The van der Waals surface area contributed by atoms with E-state index in [0.29, 0.717) is 16.7 Å². The number of H-pyrrole nitrogens is 1. The summed E-state index contributed by atoms with van der Waals surface area (Å²) in [5.74, 6) is 1.78. The average Bonchev–Trinajstić information content (AvgIpc) is 3.26. The second-order valence-electron chi connectivity index (χ2n) is 4.37. The number of hydrogen-bond acceptors (Lipinski definition) is 7. The van der Waals surface area contributed by atoms with Gasteiger partial charge in [-0.15, -0.1) is 16.4 Å². The van der Waals surface area contributed by atoms with E-state index in [1.807, 2.05) is 11.4 Å². The molecular weight excluding hydrogens is 322 g/mol. The summed E-state index contributed by atoms with van der Waals surface area (Å²) < 4.78 is 9.99. The third-order valence-corrected chi connectivity index (χ3v) is 4.57. The van der Waals surface area contributed by atoms with Crippen LogP contribution >= 0.6 is 23.1 Å². The number of rotatable bonds is 6. The quantitative estimate of drug-likeness (QED) is 0.550. The van der Waals surface area contributed by atoms with E-state index in [2.05, 4.69) is 26.0 Å². The molecule has 0 aromatic carbocycles. The van der Waals surface area contributed by atoms with Crippen LogP contribution < -0.4 is 0 Å². The normalized spacial score (nSPS) is 10.8. The van der Waals surface area contributed by atoms with E-state index >= 15 is 0 Å². The molecule has 114 valence electrons. The molecular formula is C14H13N3O3S2. The van der Waals surface area contributed by atoms with Crippen LogP contribution in [0.2, 0.25) is 0 Å². The van der Waals surface area contributed by atoms with Gasteiger partial charge in [0.25, 0.3) is 0 Å². The highest BCUT2D eigenvalue weighted by atomic mass is 32.2. The van der Waals surface area contributed by atoms with Gasteiger partial charge in [0, 0.05) is 11.3 Å². The Bertz CT molecular complexity index is 749. The van der Waals surface area contributed by atoms with Gasteiger partial charge in [0.15, 0.2) is 0 Å². The highest BCUT2D eigenvalue weighted by molar-refractivity contribution is 7.98. The fourth-order valence-electron chi connectivity index (χ4n) is 1.80. The van der Waals surface area contributed by atoms with Crippen molar-refractivity contribution in [1.82, 2.24) is 15.2 Å². The Labute approximate surface area is 134 Å². The van der Waals surface area contributed by atoms with Crippen molar-refractivity contribution in [3.05, 3.63) is 51.9 Å². The number of aromatic nitrogens is 3. The molecule has 0 unspecified atom stereocenters. The first-order chi connectivity index (χ1) is 10.7. The molecule has 0 bridgehead atoms. The zero-order valence-electron chi connectivity index (χ0n) is 11.7. The monoisotopic (exact) mass is 335 g/mol. The molecule has 1 N–H and O–H groups in total. The third kappa shape index (κ3) is 3.58. The van der Waals surface area contributed by atoms with E-state index in [9.17, 15) is 4.79 Å². The summed E-state index contributed by atoms with van der Waals surface area (Å²) in [4.78, 5) is 17.0. The first-order valence-corrected chi connectivity index (χ1v) is 8.34. The highest BCUT2D eigenvalue weighted by Crippen LogP contribution is 2.22. The summed E-state index contributed by atoms with van der Waals surface area (Å²) in [5, 5.41) is 9.79. The van der Waals surface area contributed by atoms with Crippen LogP contribution in [-0.4, -0.2) is 28.3 Å². The van der Waals surface area contributed by atoms with Crippen molar-refractivity contribution < 1.29 is 13.9 Å². The number of thiophene rings is 1. The molecule has 0 fully saturated rings. The maximum atomic E-state index is 11.3. The number of furan rings is 1. The van der Waals surface area contributed by atoms with Crippen molar-refractivity contribution in [2.45, 2.75) is 17.3 Å². The van der Waals surface area contributed by atoms with E-state index < -0.39 is 5.97 Å².